The third kappa shape index (κ3) is 4.82. The summed E-state index contributed by atoms with van der Waals surface area (Å²) < 4.78 is 56.2. The maximum absolute atomic E-state index is 13.0. The fourth-order valence-electron chi connectivity index (χ4n) is 3.40. The molecule has 1 unspecified atom stereocenters. The van der Waals surface area contributed by atoms with Crippen molar-refractivity contribution in [2.75, 3.05) is 31.8 Å². The van der Waals surface area contributed by atoms with Crippen LogP contribution < -0.4 is 10.1 Å². The van der Waals surface area contributed by atoms with E-state index in [0.29, 0.717) is 25.1 Å². The Bertz CT molecular complexity index is 1130. The lowest BCUT2D eigenvalue weighted by Gasteiger charge is -2.31. The summed E-state index contributed by atoms with van der Waals surface area (Å²) in [4.78, 5) is 13.0. The second-order valence-corrected chi connectivity index (χ2v) is 11.1. The van der Waals surface area contributed by atoms with Crippen molar-refractivity contribution in [3.63, 3.8) is 0 Å². The predicted octanol–water partition coefficient (Wildman–Crippen LogP) is 2.14. The number of anilines is 1. The van der Waals surface area contributed by atoms with Gasteiger partial charge < -0.3 is 10.1 Å². The first-order valence-corrected chi connectivity index (χ1v) is 12.7. The van der Waals surface area contributed by atoms with Gasteiger partial charge in [-0.2, -0.15) is 4.31 Å². The summed E-state index contributed by atoms with van der Waals surface area (Å²) in [5, 5.41) is 2.66. The molecule has 1 heterocycles. The Morgan fingerprint density at radius 2 is 1.73 bits per heavy atom. The Kier molecular flexibility index (Phi) is 6.49. The summed E-state index contributed by atoms with van der Waals surface area (Å²) in [7, 11) is -5.77. The first-order chi connectivity index (χ1) is 14.1. The minimum atomic E-state index is -3.76. The molecule has 0 radical (unpaired) electrons. The van der Waals surface area contributed by atoms with Crippen molar-refractivity contribution in [1.29, 1.82) is 0 Å². The number of rotatable bonds is 6. The summed E-state index contributed by atoms with van der Waals surface area (Å²) in [6, 6.07) is 12.2. The predicted molar refractivity (Wildman–Crippen MR) is 113 cm³/mol. The Hall–Kier alpha value is -2.43. The van der Waals surface area contributed by atoms with E-state index in [4.69, 9.17) is 4.74 Å². The van der Waals surface area contributed by atoms with Crippen LogP contribution in [0.4, 0.5) is 5.69 Å². The largest absolute Gasteiger partial charge is 0.497 e. The molecule has 0 aliphatic carbocycles. The molecule has 1 aliphatic heterocycles. The number of amides is 1. The monoisotopic (exact) mass is 452 g/mol. The van der Waals surface area contributed by atoms with Gasteiger partial charge in [-0.15, -0.1) is 0 Å². The number of sulfonamides is 1. The average Bonchev–Trinajstić information content (AvgIpc) is 2.73. The van der Waals surface area contributed by atoms with Crippen molar-refractivity contribution in [1.82, 2.24) is 4.31 Å². The van der Waals surface area contributed by atoms with E-state index >= 15 is 0 Å². The summed E-state index contributed by atoms with van der Waals surface area (Å²) in [5.74, 6) is -0.436. The second-order valence-electron chi connectivity index (χ2n) is 7.14. The quantitative estimate of drug-likeness (QED) is 0.719. The number of hydrogen-bond donors (Lipinski definition) is 1. The molecule has 8 nitrogen and oxygen atoms in total. The number of carbonyl (C=O) groups is 1. The number of piperidine rings is 1. The van der Waals surface area contributed by atoms with E-state index in [1.165, 1.54) is 35.7 Å². The maximum atomic E-state index is 13.0. The zero-order chi connectivity index (χ0) is 21.9. The summed E-state index contributed by atoms with van der Waals surface area (Å²) in [6.07, 6.45) is 2.12. The number of benzene rings is 2. The van der Waals surface area contributed by atoms with Gasteiger partial charge in [-0.3, -0.25) is 4.79 Å². The van der Waals surface area contributed by atoms with Crippen molar-refractivity contribution in [2.45, 2.75) is 22.6 Å². The maximum Gasteiger partial charge on any atom is 0.243 e. The van der Waals surface area contributed by atoms with E-state index in [9.17, 15) is 21.6 Å². The Morgan fingerprint density at radius 1 is 1.07 bits per heavy atom. The van der Waals surface area contributed by atoms with Crippen LogP contribution in [-0.4, -0.2) is 53.5 Å². The van der Waals surface area contributed by atoms with Gasteiger partial charge in [0.25, 0.3) is 0 Å². The van der Waals surface area contributed by atoms with Crippen LogP contribution in [0.25, 0.3) is 0 Å². The topological polar surface area (TPSA) is 110 Å². The van der Waals surface area contributed by atoms with Gasteiger partial charge in [-0.25, -0.2) is 16.8 Å². The molecule has 0 bridgehead atoms. The molecule has 1 fully saturated rings. The SMILES string of the molecule is COc1ccc(S(=O)(=O)N2CCCC(C(=O)Nc3ccccc3S(C)(=O)=O)C2)cc1. The molecule has 0 saturated carbocycles. The average molecular weight is 453 g/mol. The first-order valence-electron chi connectivity index (χ1n) is 9.37. The molecule has 1 amide bonds. The first kappa shape index (κ1) is 22.3. The zero-order valence-corrected chi connectivity index (χ0v) is 18.4. The van der Waals surface area contributed by atoms with Gasteiger partial charge in [0.15, 0.2) is 9.84 Å². The van der Waals surface area contributed by atoms with E-state index < -0.39 is 31.7 Å². The van der Waals surface area contributed by atoms with Crippen LogP contribution >= 0.6 is 0 Å². The zero-order valence-electron chi connectivity index (χ0n) is 16.7. The Morgan fingerprint density at radius 3 is 2.37 bits per heavy atom. The number of methoxy groups -OCH3 is 1. The highest BCUT2D eigenvalue weighted by Crippen LogP contribution is 2.27. The molecule has 0 spiro atoms. The number of nitrogens with zero attached hydrogens (tertiary/aromatic N) is 1. The van der Waals surface area contributed by atoms with Gasteiger partial charge in [0.2, 0.25) is 15.9 Å². The van der Waals surface area contributed by atoms with E-state index in [-0.39, 0.29) is 22.0 Å². The number of carbonyl (C=O) groups excluding carboxylic acids is 1. The molecule has 1 atom stereocenters. The third-order valence-corrected chi connectivity index (χ3v) is 8.03. The molecular weight excluding hydrogens is 428 g/mol. The standard InChI is InChI=1S/C20H24N2O6S2/c1-28-16-9-11-17(12-10-16)30(26,27)22-13-5-6-15(14-22)20(23)21-18-7-3-4-8-19(18)29(2,24)25/h3-4,7-12,15H,5-6,13-14H2,1-2H3,(H,21,23). The van der Waals surface area contributed by atoms with Crippen molar-refractivity contribution >= 4 is 31.5 Å². The molecule has 0 aromatic heterocycles. The lowest BCUT2D eigenvalue weighted by Crippen LogP contribution is -2.43. The second kappa shape index (κ2) is 8.75. The van der Waals surface area contributed by atoms with Crippen LogP contribution in [0.15, 0.2) is 58.3 Å². The Labute approximate surface area is 176 Å². The summed E-state index contributed by atoms with van der Waals surface area (Å²) in [6.45, 7) is 0.347. The number of ether oxygens (including phenoxy) is 1. The highest BCUT2D eigenvalue weighted by Gasteiger charge is 2.33. The molecule has 1 N–H and O–H groups in total. The molecule has 162 valence electrons. The molecule has 2 aromatic rings. The number of nitrogens with one attached hydrogen (secondary N) is 1. The van der Waals surface area contributed by atoms with Crippen LogP contribution in [0.3, 0.4) is 0 Å². The molecule has 1 saturated heterocycles. The minimum absolute atomic E-state index is 0.0249. The fourth-order valence-corrected chi connectivity index (χ4v) is 5.77. The fraction of sp³-hybridized carbons (Fsp3) is 0.350. The van der Waals surface area contributed by atoms with E-state index in [2.05, 4.69) is 5.32 Å². The van der Waals surface area contributed by atoms with Crippen molar-refractivity contribution in [3.8, 4) is 5.75 Å². The van der Waals surface area contributed by atoms with E-state index in [0.717, 1.165) is 6.26 Å². The van der Waals surface area contributed by atoms with Crippen molar-refractivity contribution < 1.29 is 26.4 Å². The van der Waals surface area contributed by atoms with Gasteiger partial charge in [0, 0.05) is 19.3 Å². The highest BCUT2D eigenvalue weighted by molar-refractivity contribution is 7.91. The minimum Gasteiger partial charge on any atom is -0.497 e. The van der Waals surface area contributed by atoms with Crippen molar-refractivity contribution in [2.24, 2.45) is 5.92 Å². The van der Waals surface area contributed by atoms with Crippen LogP contribution in [0.5, 0.6) is 5.75 Å². The van der Waals surface area contributed by atoms with E-state index in [1.54, 1.807) is 24.3 Å². The van der Waals surface area contributed by atoms with Gasteiger partial charge >= 0.3 is 0 Å². The lowest BCUT2D eigenvalue weighted by molar-refractivity contribution is -0.120. The molecule has 3 rings (SSSR count). The van der Waals surface area contributed by atoms with Gasteiger partial charge in [0.1, 0.15) is 5.75 Å². The highest BCUT2D eigenvalue weighted by atomic mass is 32.2. The van der Waals surface area contributed by atoms with Gasteiger partial charge in [-0.1, -0.05) is 12.1 Å². The van der Waals surface area contributed by atoms with Crippen LogP contribution in [0, 0.1) is 5.92 Å². The molecule has 2 aromatic carbocycles. The van der Waals surface area contributed by atoms with Crippen LogP contribution in [0.2, 0.25) is 0 Å². The lowest BCUT2D eigenvalue weighted by atomic mass is 9.99. The van der Waals surface area contributed by atoms with Gasteiger partial charge in [-0.05, 0) is 49.2 Å². The third-order valence-electron chi connectivity index (χ3n) is 5.00. The summed E-state index contributed by atoms with van der Waals surface area (Å²) in [5.41, 5.74) is 0.195. The van der Waals surface area contributed by atoms with Crippen LogP contribution in [-0.2, 0) is 24.7 Å². The smallest absolute Gasteiger partial charge is 0.243 e. The normalized spacial score (nSPS) is 18.0. The molecular formula is C20H24N2O6S2. The van der Waals surface area contributed by atoms with Crippen molar-refractivity contribution in [3.05, 3.63) is 48.5 Å². The van der Waals surface area contributed by atoms with E-state index in [1.807, 2.05) is 0 Å². The number of sulfone groups is 1. The Balaban J connectivity index is 1.77. The molecule has 10 heteroatoms. The van der Waals surface area contributed by atoms with Crippen LogP contribution in [0.1, 0.15) is 12.8 Å². The molecule has 30 heavy (non-hydrogen) atoms. The number of hydrogen-bond acceptors (Lipinski definition) is 6. The molecule has 1 aliphatic rings. The number of para-hydroxylation sites is 1. The summed E-state index contributed by atoms with van der Waals surface area (Å²) >= 11 is 0. The van der Waals surface area contributed by atoms with Gasteiger partial charge in [0.05, 0.1) is 28.5 Å².